The fourth-order valence-corrected chi connectivity index (χ4v) is 6.78. The second-order valence-corrected chi connectivity index (χ2v) is 12.4. The molecule has 1 aromatic heterocycles. The SMILES string of the molecule is Cc1cc(C(=O)O)ccc1-c1cc2ccc(S(=O)(=O)N[C@H]3CC[C@H](C(=O)N[C@H](C)c4ccc(F)cc4)CC3)cc2[nH]1. The lowest BCUT2D eigenvalue weighted by Gasteiger charge is -2.29. The molecule has 4 aromatic rings. The molecule has 1 atom stereocenters. The molecule has 0 spiro atoms. The van der Waals surface area contributed by atoms with E-state index in [1.807, 2.05) is 19.9 Å². The van der Waals surface area contributed by atoms with Gasteiger partial charge in [0.05, 0.1) is 16.5 Å². The summed E-state index contributed by atoms with van der Waals surface area (Å²) in [5.74, 6) is -1.61. The standard InChI is InChI=1S/C31H32FN3O5S/c1-18-15-23(31(37)38)8-14-27(18)29-16-22-7-13-26(17-28(22)34-29)41(39,40)35-25-11-5-21(6-12-25)30(36)33-19(2)20-3-9-24(32)10-4-20/h3-4,7-10,13-17,19,21,25,34-35H,5-6,11-12H2,1-2H3,(H,33,36)(H,37,38)/t19-,21-,25-/m1/s1. The van der Waals surface area contributed by atoms with Crippen LogP contribution in [0.4, 0.5) is 4.39 Å². The van der Waals surface area contributed by atoms with Gasteiger partial charge < -0.3 is 15.4 Å². The third kappa shape index (κ3) is 6.34. The number of aromatic nitrogens is 1. The summed E-state index contributed by atoms with van der Waals surface area (Å²) in [6, 6.07) is 17.2. The van der Waals surface area contributed by atoms with E-state index in [-0.39, 0.29) is 40.2 Å². The average molecular weight is 578 g/mol. The van der Waals surface area contributed by atoms with Gasteiger partial charge in [0, 0.05) is 34.1 Å². The molecule has 214 valence electrons. The molecule has 8 nitrogen and oxygen atoms in total. The molecule has 0 unspecified atom stereocenters. The molecule has 1 heterocycles. The Morgan fingerprint density at radius 2 is 1.68 bits per heavy atom. The molecule has 41 heavy (non-hydrogen) atoms. The van der Waals surface area contributed by atoms with Gasteiger partial charge in [-0.3, -0.25) is 4.79 Å². The quantitative estimate of drug-likeness (QED) is 0.214. The Hall–Kier alpha value is -4.02. The largest absolute Gasteiger partial charge is 0.478 e. The Labute approximate surface area is 238 Å². The van der Waals surface area contributed by atoms with Crippen molar-refractivity contribution >= 4 is 32.8 Å². The first kappa shape index (κ1) is 28.5. The van der Waals surface area contributed by atoms with Crippen molar-refractivity contribution in [1.29, 1.82) is 0 Å². The summed E-state index contributed by atoms with van der Waals surface area (Å²) in [4.78, 5) is 27.5. The lowest BCUT2D eigenvalue weighted by Crippen LogP contribution is -2.41. The second kappa shape index (κ2) is 11.5. The Kier molecular flexibility index (Phi) is 7.97. The van der Waals surface area contributed by atoms with Crippen molar-refractivity contribution in [2.24, 2.45) is 5.92 Å². The van der Waals surface area contributed by atoms with Crippen molar-refractivity contribution in [2.45, 2.75) is 56.5 Å². The predicted octanol–water partition coefficient (Wildman–Crippen LogP) is 5.70. The normalized spacial score (nSPS) is 18.2. The Morgan fingerprint density at radius 1 is 0.976 bits per heavy atom. The van der Waals surface area contributed by atoms with Gasteiger partial charge in [0.25, 0.3) is 0 Å². The molecular formula is C31H32FN3O5S. The fourth-order valence-electron chi connectivity index (χ4n) is 5.44. The van der Waals surface area contributed by atoms with Crippen LogP contribution in [0.2, 0.25) is 0 Å². The van der Waals surface area contributed by atoms with Gasteiger partial charge in [-0.25, -0.2) is 22.3 Å². The van der Waals surface area contributed by atoms with E-state index in [9.17, 15) is 27.5 Å². The summed E-state index contributed by atoms with van der Waals surface area (Å²) in [7, 11) is -3.79. The lowest BCUT2D eigenvalue weighted by atomic mass is 9.85. The highest BCUT2D eigenvalue weighted by Crippen LogP contribution is 2.30. The van der Waals surface area contributed by atoms with Gasteiger partial charge in [0.2, 0.25) is 15.9 Å². The zero-order valence-electron chi connectivity index (χ0n) is 22.8. The number of nitrogens with one attached hydrogen (secondary N) is 3. The number of carboxylic acids is 1. The molecule has 0 radical (unpaired) electrons. The summed E-state index contributed by atoms with van der Waals surface area (Å²) in [6.45, 7) is 3.68. The third-order valence-electron chi connectivity index (χ3n) is 7.82. The highest BCUT2D eigenvalue weighted by molar-refractivity contribution is 7.89. The van der Waals surface area contributed by atoms with E-state index in [2.05, 4.69) is 15.0 Å². The van der Waals surface area contributed by atoms with Crippen LogP contribution >= 0.6 is 0 Å². The molecule has 0 aliphatic heterocycles. The van der Waals surface area contributed by atoms with Crippen molar-refractivity contribution < 1.29 is 27.5 Å². The van der Waals surface area contributed by atoms with E-state index < -0.39 is 16.0 Å². The number of rotatable bonds is 8. The van der Waals surface area contributed by atoms with Crippen molar-refractivity contribution in [3.05, 3.63) is 89.2 Å². The highest BCUT2D eigenvalue weighted by atomic mass is 32.2. The van der Waals surface area contributed by atoms with Crippen LogP contribution in [-0.2, 0) is 14.8 Å². The van der Waals surface area contributed by atoms with Crippen molar-refractivity contribution in [3.8, 4) is 11.3 Å². The van der Waals surface area contributed by atoms with Crippen molar-refractivity contribution in [3.63, 3.8) is 0 Å². The number of sulfonamides is 1. The number of carboxylic acid groups (broad SMARTS) is 1. The van der Waals surface area contributed by atoms with Crippen molar-refractivity contribution in [2.75, 3.05) is 0 Å². The number of benzene rings is 3. The minimum Gasteiger partial charge on any atom is -0.478 e. The van der Waals surface area contributed by atoms with Crippen LogP contribution in [0.5, 0.6) is 0 Å². The molecule has 1 saturated carbocycles. The zero-order valence-corrected chi connectivity index (χ0v) is 23.6. The van der Waals surface area contributed by atoms with Gasteiger partial charge in [-0.1, -0.05) is 24.3 Å². The maximum Gasteiger partial charge on any atom is 0.335 e. The van der Waals surface area contributed by atoms with E-state index in [4.69, 9.17) is 0 Å². The van der Waals surface area contributed by atoms with Gasteiger partial charge in [-0.2, -0.15) is 0 Å². The number of amides is 1. The first-order valence-corrected chi connectivity index (χ1v) is 15.0. The second-order valence-electron chi connectivity index (χ2n) is 10.7. The van der Waals surface area contributed by atoms with E-state index in [1.165, 1.54) is 12.1 Å². The topological polar surface area (TPSA) is 128 Å². The van der Waals surface area contributed by atoms with Crippen LogP contribution in [-0.4, -0.2) is 36.4 Å². The molecule has 0 bridgehead atoms. The molecule has 3 aromatic carbocycles. The minimum absolute atomic E-state index is 0.0797. The van der Waals surface area contributed by atoms with E-state index in [0.717, 1.165) is 27.8 Å². The van der Waals surface area contributed by atoms with E-state index >= 15 is 0 Å². The van der Waals surface area contributed by atoms with Crippen LogP contribution in [0, 0.1) is 18.7 Å². The Balaban J connectivity index is 1.21. The highest BCUT2D eigenvalue weighted by Gasteiger charge is 2.30. The first-order chi connectivity index (χ1) is 19.5. The number of hydrogen-bond donors (Lipinski definition) is 4. The Bertz CT molecular complexity index is 1710. The number of carbonyl (C=O) groups excluding carboxylic acids is 1. The minimum atomic E-state index is -3.79. The summed E-state index contributed by atoms with van der Waals surface area (Å²) < 4.78 is 42.5. The van der Waals surface area contributed by atoms with Gasteiger partial charge in [-0.15, -0.1) is 0 Å². The van der Waals surface area contributed by atoms with Gasteiger partial charge in [0.15, 0.2) is 0 Å². The van der Waals surface area contributed by atoms with Crippen LogP contribution in [0.3, 0.4) is 0 Å². The van der Waals surface area contributed by atoms with Crippen LogP contribution < -0.4 is 10.0 Å². The molecule has 5 rings (SSSR count). The number of halogens is 1. The number of carbonyl (C=O) groups is 2. The van der Waals surface area contributed by atoms with Gasteiger partial charge in [0.1, 0.15) is 5.82 Å². The number of aryl methyl sites for hydroxylation is 1. The first-order valence-electron chi connectivity index (χ1n) is 13.6. The van der Waals surface area contributed by atoms with Gasteiger partial charge >= 0.3 is 5.97 Å². The summed E-state index contributed by atoms with van der Waals surface area (Å²) in [6.07, 6.45) is 2.22. The number of aromatic carboxylic acids is 1. The zero-order chi connectivity index (χ0) is 29.3. The van der Waals surface area contributed by atoms with E-state index in [1.54, 1.807) is 48.5 Å². The molecule has 1 aliphatic carbocycles. The molecule has 10 heteroatoms. The number of aromatic amines is 1. The Morgan fingerprint density at radius 3 is 2.34 bits per heavy atom. The molecule has 0 saturated heterocycles. The maximum atomic E-state index is 13.2. The summed E-state index contributed by atoms with van der Waals surface area (Å²) >= 11 is 0. The average Bonchev–Trinajstić information content (AvgIpc) is 3.36. The molecular weight excluding hydrogens is 545 g/mol. The fraction of sp³-hybridized carbons (Fsp3) is 0.290. The third-order valence-corrected chi connectivity index (χ3v) is 9.33. The molecule has 1 amide bonds. The summed E-state index contributed by atoms with van der Waals surface area (Å²) in [5.41, 5.74) is 4.07. The predicted molar refractivity (Wildman–Crippen MR) is 154 cm³/mol. The van der Waals surface area contributed by atoms with Crippen LogP contribution in [0.15, 0.2) is 71.6 Å². The van der Waals surface area contributed by atoms with Crippen LogP contribution in [0.25, 0.3) is 22.2 Å². The smallest absolute Gasteiger partial charge is 0.335 e. The van der Waals surface area contributed by atoms with Crippen molar-refractivity contribution in [1.82, 2.24) is 15.0 Å². The van der Waals surface area contributed by atoms with E-state index in [0.29, 0.717) is 31.2 Å². The van der Waals surface area contributed by atoms with Crippen LogP contribution in [0.1, 0.15) is 60.1 Å². The maximum absolute atomic E-state index is 13.2. The number of fused-ring (bicyclic) bond motifs is 1. The molecule has 4 N–H and O–H groups in total. The van der Waals surface area contributed by atoms with Gasteiger partial charge in [-0.05, 0) is 93.1 Å². The monoisotopic (exact) mass is 577 g/mol. The number of H-pyrrole nitrogens is 1. The molecule has 1 aliphatic rings. The summed E-state index contributed by atoms with van der Waals surface area (Å²) in [5, 5.41) is 13.0. The lowest BCUT2D eigenvalue weighted by molar-refractivity contribution is -0.126. The number of hydrogen-bond acceptors (Lipinski definition) is 4. The molecule has 1 fully saturated rings.